The van der Waals surface area contributed by atoms with Gasteiger partial charge in [-0.1, -0.05) is 44.2 Å². The van der Waals surface area contributed by atoms with E-state index < -0.39 is 5.41 Å². The van der Waals surface area contributed by atoms with Crippen LogP contribution >= 0.6 is 0 Å². The number of likely N-dealkylation sites (tertiary alicyclic amines) is 1. The first-order valence-electron chi connectivity index (χ1n) is 6.55. The molecule has 0 spiro atoms. The maximum Gasteiger partial charge on any atom is 0.235 e. The molecule has 1 heterocycles. The maximum absolute atomic E-state index is 12.2. The lowest BCUT2D eigenvalue weighted by Crippen LogP contribution is -2.38. The monoisotopic (exact) mass is 260 g/mol. The van der Waals surface area contributed by atoms with Gasteiger partial charge in [-0.15, -0.1) is 0 Å². The Balaban J connectivity index is 2.16. The van der Waals surface area contributed by atoms with Gasteiger partial charge in [0.2, 0.25) is 11.8 Å². The van der Waals surface area contributed by atoms with Gasteiger partial charge >= 0.3 is 0 Å². The van der Waals surface area contributed by atoms with Crippen LogP contribution in [0.5, 0.6) is 0 Å². The largest absolute Gasteiger partial charge is 0.330 e. The zero-order chi connectivity index (χ0) is 14.0. The van der Waals surface area contributed by atoms with E-state index in [2.05, 4.69) is 0 Å². The van der Waals surface area contributed by atoms with E-state index in [1.165, 1.54) is 4.90 Å². The maximum atomic E-state index is 12.2. The number of benzene rings is 1. The molecule has 1 aliphatic heterocycles. The van der Waals surface area contributed by atoms with Gasteiger partial charge in [0.1, 0.15) is 0 Å². The molecule has 1 aromatic rings. The second-order valence-electron chi connectivity index (χ2n) is 5.71. The molecule has 1 saturated heterocycles. The third-order valence-corrected chi connectivity index (χ3v) is 3.68. The van der Waals surface area contributed by atoms with Crippen LogP contribution in [0.15, 0.2) is 30.3 Å². The second kappa shape index (κ2) is 5.13. The quantitative estimate of drug-likeness (QED) is 0.835. The fourth-order valence-corrected chi connectivity index (χ4v) is 2.47. The van der Waals surface area contributed by atoms with Crippen LogP contribution in [0.2, 0.25) is 0 Å². The van der Waals surface area contributed by atoms with E-state index in [0.717, 1.165) is 5.56 Å². The third kappa shape index (κ3) is 2.68. The highest BCUT2D eigenvalue weighted by molar-refractivity contribution is 6.05. The summed E-state index contributed by atoms with van der Waals surface area (Å²) in [5.41, 5.74) is 6.28. The van der Waals surface area contributed by atoms with Crippen molar-refractivity contribution in [2.45, 2.75) is 26.2 Å². The Morgan fingerprint density at radius 2 is 1.89 bits per heavy atom. The van der Waals surface area contributed by atoms with Crippen LogP contribution in [0.25, 0.3) is 0 Å². The first-order chi connectivity index (χ1) is 8.95. The number of nitrogens with zero attached hydrogens (tertiary/aromatic N) is 1. The zero-order valence-electron chi connectivity index (χ0n) is 11.4. The second-order valence-corrected chi connectivity index (χ2v) is 5.71. The highest BCUT2D eigenvalue weighted by Crippen LogP contribution is 2.33. The lowest BCUT2D eigenvalue weighted by Gasteiger charge is -2.23. The summed E-state index contributed by atoms with van der Waals surface area (Å²) < 4.78 is 0. The van der Waals surface area contributed by atoms with Crippen molar-refractivity contribution in [2.75, 3.05) is 13.1 Å². The first kappa shape index (κ1) is 13.7. The molecule has 2 N–H and O–H groups in total. The van der Waals surface area contributed by atoms with Crippen LogP contribution in [0.1, 0.15) is 31.7 Å². The molecule has 1 unspecified atom stereocenters. The topological polar surface area (TPSA) is 63.4 Å². The SMILES string of the molecule is CC1(C)CC(=O)N(CC(CN)c2ccccc2)C1=O. The van der Waals surface area contributed by atoms with Gasteiger partial charge in [-0.05, 0) is 5.56 Å². The smallest absolute Gasteiger partial charge is 0.235 e. The van der Waals surface area contributed by atoms with Gasteiger partial charge < -0.3 is 5.73 Å². The molecule has 1 aliphatic rings. The molecule has 0 aliphatic carbocycles. The fraction of sp³-hybridized carbons (Fsp3) is 0.467. The minimum Gasteiger partial charge on any atom is -0.330 e. The summed E-state index contributed by atoms with van der Waals surface area (Å²) in [6.07, 6.45) is 0.290. The van der Waals surface area contributed by atoms with Gasteiger partial charge in [0.25, 0.3) is 0 Å². The minimum absolute atomic E-state index is 0.00278. The number of imide groups is 1. The molecule has 102 valence electrons. The summed E-state index contributed by atoms with van der Waals surface area (Å²) in [5.74, 6) is -0.181. The predicted octanol–water partition coefficient (Wildman–Crippen LogP) is 1.51. The van der Waals surface area contributed by atoms with Gasteiger partial charge in [-0.25, -0.2) is 0 Å². The average Bonchev–Trinajstić information content (AvgIpc) is 2.58. The Hall–Kier alpha value is -1.68. The van der Waals surface area contributed by atoms with Crippen molar-refractivity contribution in [1.29, 1.82) is 0 Å². The molecule has 1 atom stereocenters. The Kier molecular flexibility index (Phi) is 3.71. The number of nitrogens with two attached hydrogens (primary N) is 1. The summed E-state index contributed by atoms with van der Waals surface area (Å²) in [6.45, 7) is 4.42. The molecule has 0 bridgehead atoms. The summed E-state index contributed by atoms with van der Waals surface area (Å²) in [6, 6.07) is 9.78. The normalized spacial score (nSPS) is 19.8. The molecule has 0 radical (unpaired) electrons. The number of hydrogen-bond acceptors (Lipinski definition) is 3. The summed E-state index contributed by atoms with van der Waals surface area (Å²) in [4.78, 5) is 25.5. The van der Waals surface area contributed by atoms with Gasteiger partial charge in [-0.3, -0.25) is 14.5 Å². The molecule has 2 rings (SSSR count). The van der Waals surface area contributed by atoms with Crippen LogP contribution in [-0.2, 0) is 9.59 Å². The van der Waals surface area contributed by atoms with E-state index >= 15 is 0 Å². The molecule has 0 aromatic heterocycles. The van der Waals surface area contributed by atoms with Crippen molar-refractivity contribution in [3.63, 3.8) is 0 Å². The van der Waals surface area contributed by atoms with E-state index in [0.29, 0.717) is 13.1 Å². The van der Waals surface area contributed by atoms with Gasteiger partial charge in [0.05, 0.1) is 5.41 Å². The van der Waals surface area contributed by atoms with Gasteiger partial charge in [0, 0.05) is 25.4 Å². The fourth-order valence-electron chi connectivity index (χ4n) is 2.47. The van der Waals surface area contributed by atoms with Crippen LogP contribution in [0.4, 0.5) is 0 Å². The van der Waals surface area contributed by atoms with Crippen LogP contribution in [-0.4, -0.2) is 29.8 Å². The van der Waals surface area contributed by atoms with Crippen molar-refractivity contribution < 1.29 is 9.59 Å². The highest BCUT2D eigenvalue weighted by Gasteiger charge is 2.45. The summed E-state index contributed by atoms with van der Waals surface area (Å²) in [5, 5.41) is 0. The lowest BCUT2D eigenvalue weighted by atomic mass is 9.92. The molecule has 1 fully saturated rings. The molecule has 0 saturated carbocycles. The highest BCUT2D eigenvalue weighted by atomic mass is 16.2. The van der Waals surface area contributed by atoms with E-state index in [9.17, 15) is 9.59 Å². The van der Waals surface area contributed by atoms with Crippen molar-refractivity contribution in [1.82, 2.24) is 4.90 Å². The van der Waals surface area contributed by atoms with Crippen LogP contribution in [0.3, 0.4) is 0 Å². The van der Waals surface area contributed by atoms with Crippen molar-refractivity contribution in [2.24, 2.45) is 11.1 Å². The Bertz CT molecular complexity index is 482. The molecule has 1 aromatic carbocycles. The molecule has 19 heavy (non-hydrogen) atoms. The molecule has 2 amide bonds. The van der Waals surface area contributed by atoms with E-state index in [-0.39, 0.29) is 24.2 Å². The number of rotatable bonds is 4. The number of carbonyl (C=O) groups is 2. The van der Waals surface area contributed by atoms with Gasteiger partial charge in [-0.2, -0.15) is 0 Å². The van der Waals surface area contributed by atoms with Crippen molar-refractivity contribution >= 4 is 11.8 Å². The third-order valence-electron chi connectivity index (χ3n) is 3.68. The minimum atomic E-state index is -0.576. The zero-order valence-corrected chi connectivity index (χ0v) is 11.4. The lowest BCUT2D eigenvalue weighted by molar-refractivity contribution is -0.141. The number of amides is 2. The molecular formula is C15H20N2O2. The molecular weight excluding hydrogens is 240 g/mol. The summed E-state index contributed by atoms with van der Waals surface area (Å²) >= 11 is 0. The Morgan fingerprint density at radius 3 is 2.37 bits per heavy atom. The van der Waals surface area contributed by atoms with E-state index in [4.69, 9.17) is 5.73 Å². The van der Waals surface area contributed by atoms with Crippen molar-refractivity contribution in [3.8, 4) is 0 Å². The van der Waals surface area contributed by atoms with Gasteiger partial charge in [0.15, 0.2) is 0 Å². The first-order valence-corrected chi connectivity index (χ1v) is 6.55. The average molecular weight is 260 g/mol. The predicted molar refractivity (Wildman–Crippen MR) is 73.4 cm³/mol. The van der Waals surface area contributed by atoms with Crippen molar-refractivity contribution in [3.05, 3.63) is 35.9 Å². The summed E-state index contributed by atoms with van der Waals surface area (Å²) in [7, 11) is 0. The molecule has 4 nitrogen and oxygen atoms in total. The van der Waals surface area contributed by atoms with E-state index in [1.807, 2.05) is 44.2 Å². The van der Waals surface area contributed by atoms with Crippen LogP contribution < -0.4 is 5.73 Å². The van der Waals surface area contributed by atoms with E-state index in [1.54, 1.807) is 0 Å². The Labute approximate surface area is 113 Å². The Morgan fingerprint density at radius 1 is 1.26 bits per heavy atom. The number of hydrogen-bond donors (Lipinski definition) is 1. The standard InChI is InChI=1S/C15H20N2O2/c1-15(2)8-13(18)17(14(15)19)10-12(9-16)11-6-4-3-5-7-11/h3-7,12H,8-10,16H2,1-2H3. The number of carbonyl (C=O) groups excluding carboxylic acids is 2. The molecule has 4 heteroatoms. The van der Waals surface area contributed by atoms with Crippen LogP contribution in [0, 0.1) is 5.41 Å².